The number of nitrogens with zero attached hydrogens (tertiary/aromatic N) is 2. The van der Waals surface area contributed by atoms with Crippen LogP contribution in [-0.4, -0.2) is 43.8 Å². The van der Waals surface area contributed by atoms with Gasteiger partial charge in [0.15, 0.2) is 0 Å². The first-order chi connectivity index (χ1) is 19.0. The first-order valence-electron chi connectivity index (χ1n) is 13.8. The molecular formula is C32H41N3O4S. The average molecular weight is 564 g/mol. The summed E-state index contributed by atoms with van der Waals surface area (Å²) < 4.78 is 29.1. The van der Waals surface area contributed by atoms with Gasteiger partial charge < -0.3 is 10.2 Å². The number of sulfonamides is 1. The van der Waals surface area contributed by atoms with Crippen molar-refractivity contribution in [3.63, 3.8) is 0 Å². The predicted octanol–water partition coefficient (Wildman–Crippen LogP) is 5.53. The van der Waals surface area contributed by atoms with Crippen molar-refractivity contribution in [2.24, 2.45) is 0 Å². The zero-order valence-electron chi connectivity index (χ0n) is 24.3. The number of hydrogen-bond acceptors (Lipinski definition) is 4. The Bertz CT molecular complexity index is 1400. The number of carbonyl (C=O) groups is 2. The number of amides is 2. The lowest BCUT2D eigenvalue weighted by Crippen LogP contribution is -2.53. The van der Waals surface area contributed by atoms with Crippen LogP contribution >= 0.6 is 0 Å². The van der Waals surface area contributed by atoms with Crippen LogP contribution in [0.1, 0.15) is 55.9 Å². The molecular weight excluding hydrogens is 522 g/mol. The lowest BCUT2D eigenvalue weighted by atomic mass is 10.1. The van der Waals surface area contributed by atoms with Gasteiger partial charge in [0.05, 0.1) is 10.6 Å². The highest BCUT2D eigenvalue weighted by atomic mass is 32.2. The summed E-state index contributed by atoms with van der Waals surface area (Å²) in [5.41, 5.74) is 4.01. The summed E-state index contributed by atoms with van der Waals surface area (Å²) in [5, 5.41) is 3.00. The maximum atomic E-state index is 14.1. The first kappa shape index (κ1) is 30.9. The van der Waals surface area contributed by atoms with Gasteiger partial charge in [-0.05, 0) is 69.9 Å². The molecule has 2 atom stereocenters. The monoisotopic (exact) mass is 563 g/mol. The van der Waals surface area contributed by atoms with Crippen molar-refractivity contribution in [2.75, 3.05) is 10.8 Å². The number of anilines is 1. The summed E-state index contributed by atoms with van der Waals surface area (Å²) in [6.07, 6.45) is 1.14. The average Bonchev–Trinajstić information content (AvgIpc) is 2.93. The summed E-state index contributed by atoms with van der Waals surface area (Å²) in [4.78, 5) is 29.1. The van der Waals surface area contributed by atoms with Gasteiger partial charge in [0.25, 0.3) is 10.0 Å². The van der Waals surface area contributed by atoms with Crippen LogP contribution in [0, 0.1) is 20.8 Å². The Balaban J connectivity index is 2.06. The molecule has 0 aliphatic carbocycles. The SMILES string of the molecule is CC[C@H](C(=O)N[C@@H](C)CC)N(Cc1ccc(C)cc1)C(=O)CN(c1ccccc1C)S(=O)(=O)c1ccc(C)cc1. The third kappa shape index (κ3) is 7.50. The summed E-state index contributed by atoms with van der Waals surface area (Å²) in [6.45, 7) is 11.2. The molecule has 40 heavy (non-hydrogen) atoms. The van der Waals surface area contributed by atoms with Gasteiger partial charge in [0.1, 0.15) is 12.6 Å². The Morgan fingerprint density at radius 3 is 1.95 bits per heavy atom. The minimum absolute atomic E-state index is 0.0525. The zero-order valence-corrected chi connectivity index (χ0v) is 25.2. The van der Waals surface area contributed by atoms with Crippen LogP contribution in [0.3, 0.4) is 0 Å². The van der Waals surface area contributed by atoms with Crippen LogP contribution in [0.4, 0.5) is 5.69 Å². The minimum Gasteiger partial charge on any atom is -0.352 e. The molecule has 3 rings (SSSR count). The highest BCUT2D eigenvalue weighted by Crippen LogP contribution is 2.28. The smallest absolute Gasteiger partial charge is 0.264 e. The third-order valence-electron chi connectivity index (χ3n) is 7.13. The Morgan fingerprint density at radius 2 is 1.40 bits per heavy atom. The van der Waals surface area contributed by atoms with Gasteiger partial charge in [-0.25, -0.2) is 8.42 Å². The Kier molecular flexibility index (Phi) is 10.5. The van der Waals surface area contributed by atoms with Gasteiger partial charge in [0.2, 0.25) is 11.8 Å². The van der Waals surface area contributed by atoms with Crippen molar-refractivity contribution in [3.05, 3.63) is 95.1 Å². The molecule has 0 aromatic heterocycles. The second-order valence-electron chi connectivity index (χ2n) is 10.4. The van der Waals surface area contributed by atoms with E-state index < -0.39 is 28.5 Å². The van der Waals surface area contributed by atoms with Crippen LogP contribution in [0.25, 0.3) is 0 Å². The van der Waals surface area contributed by atoms with Gasteiger partial charge in [0, 0.05) is 12.6 Å². The fraction of sp³-hybridized carbons (Fsp3) is 0.375. The molecule has 1 N–H and O–H groups in total. The van der Waals surface area contributed by atoms with E-state index in [0.717, 1.165) is 33.0 Å². The van der Waals surface area contributed by atoms with E-state index in [9.17, 15) is 18.0 Å². The largest absolute Gasteiger partial charge is 0.352 e. The molecule has 0 fully saturated rings. The van der Waals surface area contributed by atoms with Crippen molar-refractivity contribution in [1.29, 1.82) is 0 Å². The number of hydrogen-bond donors (Lipinski definition) is 1. The molecule has 3 aromatic rings. The van der Waals surface area contributed by atoms with E-state index >= 15 is 0 Å². The number of aryl methyl sites for hydroxylation is 3. The van der Waals surface area contributed by atoms with Gasteiger partial charge in [-0.2, -0.15) is 0 Å². The number of carbonyl (C=O) groups excluding carboxylic acids is 2. The van der Waals surface area contributed by atoms with Gasteiger partial charge >= 0.3 is 0 Å². The molecule has 0 saturated heterocycles. The summed E-state index contributed by atoms with van der Waals surface area (Å²) in [6, 6.07) is 20.6. The maximum Gasteiger partial charge on any atom is 0.264 e. The van der Waals surface area contributed by atoms with E-state index in [-0.39, 0.29) is 23.4 Å². The second-order valence-corrected chi connectivity index (χ2v) is 12.2. The van der Waals surface area contributed by atoms with Gasteiger partial charge in [-0.3, -0.25) is 13.9 Å². The molecule has 0 saturated carbocycles. The van der Waals surface area contributed by atoms with E-state index in [0.29, 0.717) is 12.1 Å². The van der Waals surface area contributed by atoms with Crippen LogP contribution in [0.5, 0.6) is 0 Å². The van der Waals surface area contributed by atoms with E-state index in [4.69, 9.17) is 0 Å². The number of nitrogens with one attached hydrogen (secondary N) is 1. The number of para-hydroxylation sites is 1. The fourth-order valence-corrected chi connectivity index (χ4v) is 5.92. The van der Waals surface area contributed by atoms with Crippen LogP contribution in [0.2, 0.25) is 0 Å². The minimum atomic E-state index is -4.09. The molecule has 0 aliphatic heterocycles. The van der Waals surface area contributed by atoms with Crippen molar-refractivity contribution in [3.8, 4) is 0 Å². The quantitative estimate of drug-likeness (QED) is 0.314. The van der Waals surface area contributed by atoms with Crippen molar-refractivity contribution >= 4 is 27.5 Å². The van der Waals surface area contributed by atoms with Gasteiger partial charge in [-0.15, -0.1) is 0 Å². The Morgan fingerprint density at radius 1 is 0.825 bits per heavy atom. The second kappa shape index (κ2) is 13.6. The lowest BCUT2D eigenvalue weighted by Gasteiger charge is -2.34. The molecule has 7 nitrogen and oxygen atoms in total. The molecule has 0 bridgehead atoms. The van der Waals surface area contributed by atoms with Crippen molar-refractivity contribution in [1.82, 2.24) is 10.2 Å². The Hall–Kier alpha value is -3.65. The molecule has 0 spiro atoms. The van der Waals surface area contributed by atoms with Crippen LogP contribution in [-0.2, 0) is 26.2 Å². The van der Waals surface area contributed by atoms with Crippen LogP contribution in [0.15, 0.2) is 77.7 Å². The predicted molar refractivity (Wildman–Crippen MR) is 161 cm³/mol. The summed E-state index contributed by atoms with van der Waals surface area (Å²) in [7, 11) is -4.09. The molecule has 0 radical (unpaired) electrons. The molecule has 8 heteroatoms. The zero-order chi connectivity index (χ0) is 29.4. The normalized spacial score (nSPS) is 12.8. The van der Waals surface area contributed by atoms with E-state index in [1.54, 1.807) is 36.4 Å². The van der Waals surface area contributed by atoms with Crippen LogP contribution < -0.4 is 9.62 Å². The van der Waals surface area contributed by atoms with Crippen molar-refractivity contribution in [2.45, 2.75) is 77.9 Å². The molecule has 3 aromatic carbocycles. The topological polar surface area (TPSA) is 86.8 Å². The highest BCUT2D eigenvalue weighted by Gasteiger charge is 2.34. The molecule has 0 aliphatic rings. The molecule has 214 valence electrons. The molecule has 0 heterocycles. The standard InChI is InChI=1S/C32H41N3O4S/c1-7-26(6)33-32(37)29(8-2)34(21-27-17-13-23(3)14-18-27)31(36)22-35(30-12-10-9-11-25(30)5)40(38,39)28-19-15-24(4)16-20-28/h9-20,26,29H,7-8,21-22H2,1-6H3,(H,33,37)/t26-,29+/m0/s1. The van der Waals surface area contributed by atoms with Gasteiger partial charge in [-0.1, -0.05) is 79.6 Å². The number of rotatable bonds is 12. The van der Waals surface area contributed by atoms with Crippen molar-refractivity contribution < 1.29 is 18.0 Å². The fourth-order valence-electron chi connectivity index (χ4n) is 4.44. The molecule has 2 amide bonds. The Labute approximate surface area is 239 Å². The third-order valence-corrected chi connectivity index (χ3v) is 8.91. The van der Waals surface area contributed by atoms with E-state index in [1.165, 1.54) is 4.90 Å². The highest BCUT2D eigenvalue weighted by molar-refractivity contribution is 7.92. The lowest BCUT2D eigenvalue weighted by molar-refractivity contribution is -0.140. The first-order valence-corrected chi connectivity index (χ1v) is 15.2. The van der Waals surface area contributed by atoms with E-state index in [2.05, 4.69) is 5.32 Å². The van der Waals surface area contributed by atoms with E-state index in [1.807, 2.05) is 77.9 Å². The maximum absolute atomic E-state index is 14.1. The number of benzene rings is 3. The summed E-state index contributed by atoms with van der Waals surface area (Å²) >= 11 is 0. The molecule has 0 unspecified atom stereocenters. The summed E-state index contributed by atoms with van der Waals surface area (Å²) in [5.74, 6) is -0.702.